The van der Waals surface area contributed by atoms with Gasteiger partial charge in [-0.25, -0.2) is 8.42 Å². The Labute approximate surface area is 218 Å². The largest absolute Gasteiger partial charge is 0.495 e. The number of carbonyl (C=O) groups excluding carboxylic acids is 2. The molecule has 0 heterocycles. The Bertz CT molecular complexity index is 1340. The van der Waals surface area contributed by atoms with Crippen molar-refractivity contribution >= 4 is 27.5 Å². The van der Waals surface area contributed by atoms with E-state index >= 15 is 0 Å². The summed E-state index contributed by atoms with van der Waals surface area (Å²) in [5.41, 5.74) is 2.76. The van der Waals surface area contributed by atoms with E-state index in [2.05, 4.69) is 5.32 Å². The van der Waals surface area contributed by atoms with Crippen LogP contribution in [0.1, 0.15) is 23.6 Å². The fourth-order valence-corrected chi connectivity index (χ4v) is 5.33. The minimum Gasteiger partial charge on any atom is -0.495 e. The third-order valence-corrected chi connectivity index (χ3v) is 7.87. The maximum Gasteiger partial charge on any atom is 0.264 e. The zero-order chi connectivity index (χ0) is 27.2. The SMILES string of the molecule is CNC(=O)[C@H](C)N(Cc1ccccc1)C(=O)CN(c1cc(C)ccc1OC)S(=O)(=O)c1ccc(C)cc1. The van der Waals surface area contributed by atoms with Gasteiger partial charge in [0.25, 0.3) is 10.0 Å². The molecule has 37 heavy (non-hydrogen) atoms. The van der Waals surface area contributed by atoms with E-state index in [1.807, 2.05) is 44.2 Å². The molecule has 0 aliphatic heterocycles. The first-order valence-electron chi connectivity index (χ1n) is 11.9. The molecule has 0 aliphatic rings. The lowest BCUT2D eigenvalue weighted by Gasteiger charge is -2.32. The molecule has 8 nitrogen and oxygen atoms in total. The van der Waals surface area contributed by atoms with Gasteiger partial charge in [-0.05, 0) is 56.2 Å². The van der Waals surface area contributed by atoms with Crippen molar-refractivity contribution in [3.05, 3.63) is 89.5 Å². The van der Waals surface area contributed by atoms with E-state index in [0.717, 1.165) is 21.0 Å². The van der Waals surface area contributed by atoms with Crippen LogP contribution in [0.25, 0.3) is 0 Å². The average Bonchev–Trinajstić information content (AvgIpc) is 2.90. The summed E-state index contributed by atoms with van der Waals surface area (Å²) in [6, 6.07) is 20.0. The molecule has 9 heteroatoms. The van der Waals surface area contributed by atoms with Gasteiger partial charge in [0.2, 0.25) is 11.8 Å². The number of nitrogens with one attached hydrogen (secondary N) is 1. The highest BCUT2D eigenvalue weighted by molar-refractivity contribution is 7.92. The fraction of sp³-hybridized carbons (Fsp3) is 0.286. The topological polar surface area (TPSA) is 96.0 Å². The van der Waals surface area contributed by atoms with Crippen LogP contribution in [0.2, 0.25) is 0 Å². The molecule has 3 rings (SSSR count). The summed E-state index contributed by atoms with van der Waals surface area (Å²) in [5, 5.41) is 2.57. The minimum absolute atomic E-state index is 0.0448. The van der Waals surface area contributed by atoms with E-state index in [1.165, 1.54) is 31.2 Å². The van der Waals surface area contributed by atoms with Crippen LogP contribution in [-0.2, 0) is 26.2 Å². The summed E-state index contributed by atoms with van der Waals surface area (Å²) in [6.07, 6.45) is 0. The normalized spacial score (nSPS) is 11.9. The molecule has 0 aromatic heterocycles. The molecular formula is C28H33N3O5S. The molecule has 0 aliphatic carbocycles. The van der Waals surface area contributed by atoms with E-state index in [4.69, 9.17) is 4.74 Å². The van der Waals surface area contributed by atoms with Gasteiger partial charge in [-0.3, -0.25) is 13.9 Å². The van der Waals surface area contributed by atoms with Crippen LogP contribution in [0.5, 0.6) is 5.75 Å². The molecule has 1 atom stereocenters. The van der Waals surface area contributed by atoms with Gasteiger partial charge in [-0.2, -0.15) is 0 Å². The summed E-state index contributed by atoms with van der Waals surface area (Å²) in [7, 11) is -1.23. The van der Waals surface area contributed by atoms with Crippen molar-refractivity contribution in [3.63, 3.8) is 0 Å². The van der Waals surface area contributed by atoms with Gasteiger partial charge in [-0.1, -0.05) is 54.1 Å². The Balaban J connectivity index is 2.10. The van der Waals surface area contributed by atoms with Crippen LogP contribution >= 0.6 is 0 Å². The van der Waals surface area contributed by atoms with Crippen molar-refractivity contribution in [2.45, 2.75) is 38.3 Å². The summed E-state index contributed by atoms with van der Waals surface area (Å²) >= 11 is 0. The zero-order valence-electron chi connectivity index (χ0n) is 21.8. The van der Waals surface area contributed by atoms with Crippen molar-refractivity contribution in [1.82, 2.24) is 10.2 Å². The molecule has 0 saturated heterocycles. The lowest BCUT2D eigenvalue weighted by atomic mass is 10.1. The molecule has 196 valence electrons. The lowest BCUT2D eigenvalue weighted by Crippen LogP contribution is -2.50. The van der Waals surface area contributed by atoms with Crippen molar-refractivity contribution in [1.29, 1.82) is 0 Å². The van der Waals surface area contributed by atoms with Crippen molar-refractivity contribution in [2.24, 2.45) is 0 Å². The van der Waals surface area contributed by atoms with Gasteiger partial charge in [0.05, 0.1) is 17.7 Å². The fourth-order valence-electron chi connectivity index (χ4n) is 3.92. The standard InChI is InChI=1S/C28H33N3O5S/c1-20-11-14-24(15-12-20)37(34,35)31(25-17-21(2)13-16-26(25)36-5)19-27(32)30(22(3)28(33)29-4)18-23-9-7-6-8-10-23/h6-17,22H,18-19H2,1-5H3,(H,29,33)/t22-/m0/s1. The molecule has 0 bridgehead atoms. The second kappa shape index (κ2) is 11.9. The molecule has 1 N–H and O–H groups in total. The Hall–Kier alpha value is -3.85. The van der Waals surface area contributed by atoms with Gasteiger partial charge >= 0.3 is 0 Å². The van der Waals surface area contributed by atoms with Crippen LogP contribution in [0.15, 0.2) is 77.7 Å². The maximum absolute atomic E-state index is 13.9. The van der Waals surface area contributed by atoms with Gasteiger partial charge in [0.15, 0.2) is 0 Å². The monoisotopic (exact) mass is 523 g/mol. The Morgan fingerprint density at radius 2 is 1.57 bits per heavy atom. The number of ether oxygens (including phenoxy) is 1. The number of likely N-dealkylation sites (N-methyl/N-ethyl adjacent to an activating group) is 1. The molecule has 2 amide bonds. The lowest BCUT2D eigenvalue weighted by molar-refractivity contribution is -0.139. The van der Waals surface area contributed by atoms with Crippen LogP contribution in [-0.4, -0.2) is 51.9 Å². The number of amides is 2. The first kappa shape index (κ1) is 27.7. The summed E-state index contributed by atoms with van der Waals surface area (Å²) < 4.78 is 34.4. The second-order valence-electron chi connectivity index (χ2n) is 8.80. The number of rotatable bonds is 10. The predicted molar refractivity (Wildman–Crippen MR) is 144 cm³/mol. The number of sulfonamides is 1. The van der Waals surface area contributed by atoms with Crippen LogP contribution in [0.4, 0.5) is 5.69 Å². The highest BCUT2D eigenvalue weighted by Crippen LogP contribution is 2.33. The first-order chi connectivity index (χ1) is 17.6. The molecule has 3 aromatic rings. The maximum atomic E-state index is 13.9. The van der Waals surface area contributed by atoms with Crippen LogP contribution in [0.3, 0.4) is 0 Å². The van der Waals surface area contributed by atoms with Gasteiger partial charge in [0.1, 0.15) is 18.3 Å². The Kier molecular flexibility index (Phi) is 8.94. The number of hydrogen-bond donors (Lipinski definition) is 1. The Morgan fingerprint density at radius 3 is 2.16 bits per heavy atom. The summed E-state index contributed by atoms with van der Waals surface area (Å²) in [6.45, 7) is 4.92. The van der Waals surface area contributed by atoms with E-state index < -0.39 is 28.5 Å². The summed E-state index contributed by atoms with van der Waals surface area (Å²) in [4.78, 5) is 27.8. The second-order valence-corrected chi connectivity index (χ2v) is 10.7. The van der Waals surface area contributed by atoms with Crippen LogP contribution in [0, 0.1) is 13.8 Å². The van der Waals surface area contributed by atoms with Crippen molar-refractivity contribution < 1.29 is 22.7 Å². The number of aryl methyl sites for hydroxylation is 2. The summed E-state index contributed by atoms with van der Waals surface area (Å²) in [5.74, 6) is -0.576. The minimum atomic E-state index is -4.17. The van der Waals surface area contributed by atoms with Gasteiger partial charge in [0, 0.05) is 13.6 Å². The molecule has 0 fully saturated rings. The highest BCUT2D eigenvalue weighted by atomic mass is 32.2. The molecule has 3 aromatic carbocycles. The van der Waals surface area contributed by atoms with E-state index in [1.54, 1.807) is 37.3 Å². The molecule has 0 unspecified atom stereocenters. The van der Waals surface area contributed by atoms with Gasteiger partial charge < -0.3 is 15.0 Å². The van der Waals surface area contributed by atoms with E-state index in [-0.39, 0.29) is 23.0 Å². The van der Waals surface area contributed by atoms with E-state index in [0.29, 0.717) is 5.75 Å². The van der Waals surface area contributed by atoms with Crippen molar-refractivity contribution in [3.8, 4) is 5.75 Å². The average molecular weight is 524 g/mol. The third-order valence-electron chi connectivity index (χ3n) is 6.10. The predicted octanol–water partition coefficient (Wildman–Crippen LogP) is 3.67. The Morgan fingerprint density at radius 1 is 0.946 bits per heavy atom. The number of carbonyl (C=O) groups is 2. The molecule has 0 spiro atoms. The van der Waals surface area contributed by atoms with Gasteiger partial charge in [-0.15, -0.1) is 0 Å². The van der Waals surface area contributed by atoms with E-state index in [9.17, 15) is 18.0 Å². The zero-order valence-corrected chi connectivity index (χ0v) is 22.6. The molecular weight excluding hydrogens is 490 g/mol. The number of anilines is 1. The smallest absolute Gasteiger partial charge is 0.264 e. The van der Waals surface area contributed by atoms with Crippen LogP contribution < -0.4 is 14.4 Å². The highest BCUT2D eigenvalue weighted by Gasteiger charge is 2.33. The number of hydrogen-bond acceptors (Lipinski definition) is 5. The quantitative estimate of drug-likeness (QED) is 0.438. The first-order valence-corrected chi connectivity index (χ1v) is 13.3. The number of nitrogens with zero attached hydrogens (tertiary/aromatic N) is 2. The third kappa shape index (κ3) is 6.48. The number of methoxy groups -OCH3 is 1. The van der Waals surface area contributed by atoms with Crippen molar-refractivity contribution in [2.75, 3.05) is 25.0 Å². The molecule has 0 saturated carbocycles. The molecule has 0 radical (unpaired) electrons. The number of benzene rings is 3.